The molecule has 1 aliphatic rings. The Hall–Kier alpha value is -3.26. The second-order valence-electron chi connectivity index (χ2n) is 7.16. The highest BCUT2D eigenvalue weighted by molar-refractivity contribution is 8.16. The lowest BCUT2D eigenvalue weighted by Gasteiger charge is -2.28. The van der Waals surface area contributed by atoms with Crippen molar-refractivity contribution in [3.63, 3.8) is 0 Å². The van der Waals surface area contributed by atoms with Crippen molar-refractivity contribution in [3.05, 3.63) is 82.0 Å². The number of thioether (sulfide) groups is 1. The smallest absolute Gasteiger partial charge is 0.264 e. The molecule has 3 aromatic rings. The molecule has 8 heteroatoms. The van der Waals surface area contributed by atoms with Gasteiger partial charge in [-0.05, 0) is 36.8 Å². The van der Waals surface area contributed by atoms with Gasteiger partial charge in [-0.3, -0.25) is 14.9 Å². The molecule has 2 heterocycles. The lowest BCUT2D eigenvalue weighted by atomic mass is 9.85. The van der Waals surface area contributed by atoms with Crippen molar-refractivity contribution in [1.82, 2.24) is 4.98 Å². The van der Waals surface area contributed by atoms with Gasteiger partial charge in [-0.25, -0.2) is 9.98 Å². The lowest BCUT2D eigenvalue weighted by molar-refractivity contribution is -0.483. The van der Waals surface area contributed by atoms with E-state index in [4.69, 9.17) is 4.74 Å². The standard InChI is InChI=1S/C22H19N3O4S/c1-22(17(13-25(27)28)15-7-5-8-16(12-15)29-2)21(26)24-20(30-22)19-11-10-14-6-3-4-9-18(14)23-19/h3-12,17H,13H2,1-2H3/t17-,22-/m1/s1. The Balaban J connectivity index is 1.71. The molecule has 0 spiro atoms. The van der Waals surface area contributed by atoms with E-state index in [1.165, 1.54) is 18.9 Å². The summed E-state index contributed by atoms with van der Waals surface area (Å²) < 4.78 is 4.14. The van der Waals surface area contributed by atoms with Crippen LogP contribution in [0, 0.1) is 10.1 Å². The SMILES string of the molecule is COc1cccc([C@@H](C[N+](=O)[O-])[C@@]2(C)SC(c3ccc4ccccc4n3)=NC2=O)c1. The van der Waals surface area contributed by atoms with E-state index in [0.717, 1.165) is 10.9 Å². The van der Waals surface area contributed by atoms with E-state index in [9.17, 15) is 14.9 Å². The molecule has 2 atom stereocenters. The molecule has 0 radical (unpaired) electrons. The van der Waals surface area contributed by atoms with Gasteiger partial charge in [0.05, 0.1) is 24.2 Å². The number of para-hydroxylation sites is 1. The number of nitrogens with zero attached hydrogens (tertiary/aromatic N) is 3. The van der Waals surface area contributed by atoms with Crippen LogP contribution in [0.3, 0.4) is 0 Å². The van der Waals surface area contributed by atoms with Crippen molar-refractivity contribution < 1.29 is 14.5 Å². The van der Waals surface area contributed by atoms with Gasteiger partial charge in [-0.1, -0.05) is 48.2 Å². The lowest BCUT2D eigenvalue weighted by Crippen LogP contribution is -2.38. The number of rotatable bonds is 6. The Morgan fingerprint density at radius 3 is 2.73 bits per heavy atom. The predicted octanol–water partition coefficient (Wildman–Crippen LogP) is 4.08. The number of nitro groups is 1. The number of aromatic nitrogens is 1. The molecule has 0 saturated heterocycles. The van der Waals surface area contributed by atoms with Crippen molar-refractivity contribution in [2.24, 2.45) is 4.99 Å². The maximum absolute atomic E-state index is 13.0. The highest BCUT2D eigenvalue weighted by Gasteiger charge is 2.50. The molecule has 1 amide bonds. The van der Waals surface area contributed by atoms with E-state index in [-0.39, 0.29) is 0 Å². The number of ether oxygens (including phenoxy) is 1. The van der Waals surface area contributed by atoms with Gasteiger partial charge in [0, 0.05) is 10.3 Å². The average molecular weight is 421 g/mol. The van der Waals surface area contributed by atoms with Crippen LogP contribution in [0.5, 0.6) is 5.75 Å². The van der Waals surface area contributed by atoms with Crippen LogP contribution in [0.2, 0.25) is 0 Å². The number of amides is 1. The van der Waals surface area contributed by atoms with E-state index < -0.39 is 28.0 Å². The van der Waals surface area contributed by atoms with Crippen LogP contribution in [0.1, 0.15) is 24.1 Å². The molecule has 152 valence electrons. The fourth-order valence-electron chi connectivity index (χ4n) is 3.59. The van der Waals surface area contributed by atoms with Crippen molar-refractivity contribution >= 4 is 33.6 Å². The highest BCUT2D eigenvalue weighted by Crippen LogP contribution is 2.46. The first-order chi connectivity index (χ1) is 14.4. The topological polar surface area (TPSA) is 94.7 Å². The van der Waals surface area contributed by atoms with Crippen LogP contribution in [-0.4, -0.2) is 39.3 Å². The summed E-state index contributed by atoms with van der Waals surface area (Å²) in [5.41, 5.74) is 2.05. The summed E-state index contributed by atoms with van der Waals surface area (Å²) >= 11 is 1.23. The van der Waals surface area contributed by atoms with Crippen LogP contribution in [-0.2, 0) is 4.79 Å². The summed E-state index contributed by atoms with van der Waals surface area (Å²) in [5.74, 6) is -0.494. The Bertz CT molecular complexity index is 1180. The summed E-state index contributed by atoms with van der Waals surface area (Å²) in [5, 5.41) is 12.9. The van der Waals surface area contributed by atoms with Gasteiger partial charge < -0.3 is 4.74 Å². The summed E-state index contributed by atoms with van der Waals surface area (Å²) in [6, 6.07) is 18.5. The first-order valence-electron chi connectivity index (χ1n) is 9.35. The minimum absolute atomic E-state index is 0.393. The molecule has 0 N–H and O–H groups in total. The molecule has 1 aromatic heterocycles. The molecule has 0 bridgehead atoms. The number of benzene rings is 2. The Kier molecular flexibility index (Phi) is 5.26. The fraction of sp³-hybridized carbons (Fsp3) is 0.227. The second kappa shape index (κ2) is 7.87. The average Bonchev–Trinajstić information content (AvgIpc) is 3.07. The molecule has 1 aliphatic heterocycles. The molecule has 0 aliphatic carbocycles. The van der Waals surface area contributed by atoms with Crippen LogP contribution in [0.15, 0.2) is 65.7 Å². The Labute approximate surface area is 177 Å². The molecule has 0 unspecified atom stereocenters. The monoisotopic (exact) mass is 421 g/mol. The summed E-state index contributed by atoms with van der Waals surface area (Å²) in [6.45, 7) is 1.32. The Morgan fingerprint density at radius 2 is 1.97 bits per heavy atom. The summed E-state index contributed by atoms with van der Waals surface area (Å²) in [6.07, 6.45) is 0. The zero-order valence-corrected chi connectivity index (χ0v) is 17.3. The van der Waals surface area contributed by atoms with Crippen LogP contribution in [0.25, 0.3) is 10.9 Å². The number of methoxy groups -OCH3 is 1. The number of pyridine rings is 1. The number of hydrogen-bond acceptors (Lipinski definition) is 6. The van der Waals surface area contributed by atoms with Gasteiger partial charge in [0.15, 0.2) is 0 Å². The normalized spacial score (nSPS) is 19.5. The van der Waals surface area contributed by atoms with E-state index in [0.29, 0.717) is 22.1 Å². The molecule has 7 nitrogen and oxygen atoms in total. The number of aliphatic imine (C=N–C) groups is 1. The molecule has 2 aromatic carbocycles. The van der Waals surface area contributed by atoms with Crippen LogP contribution in [0.4, 0.5) is 0 Å². The van der Waals surface area contributed by atoms with Crippen molar-refractivity contribution in [2.75, 3.05) is 13.7 Å². The third-order valence-corrected chi connectivity index (χ3v) is 6.62. The number of carbonyl (C=O) groups excluding carboxylic acids is 1. The zero-order chi connectivity index (χ0) is 21.3. The van der Waals surface area contributed by atoms with Gasteiger partial charge in [0.25, 0.3) is 5.91 Å². The number of hydrogen-bond donors (Lipinski definition) is 0. The van der Waals surface area contributed by atoms with E-state index >= 15 is 0 Å². The van der Waals surface area contributed by atoms with Gasteiger partial charge in [0.1, 0.15) is 15.5 Å². The van der Waals surface area contributed by atoms with Gasteiger partial charge >= 0.3 is 0 Å². The van der Waals surface area contributed by atoms with Crippen molar-refractivity contribution in [3.8, 4) is 5.75 Å². The number of carbonyl (C=O) groups is 1. The van der Waals surface area contributed by atoms with Gasteiger partial charge in [-0.15, -0.1) is 0 Å². The number of fused-ring (bicyclic) bond motifs is 1. The van der Waals surface area contributed by atoms with E-state index in [2.05, 4.69) is 9.98 Å². The molecular formula is C22H19N3O4S. The quantitative estimate of drug-likeness (QED) is 0.440. The largest absolute Gasteiger partial charge is 0.497 e. The van der Waals surface area contributed by atoms with E-state index in [1.807, 2.05) is 36.4 Å². The second-order valence-corrected chi connectivity index (χ2v) is 8.60. The molecule has 0 fully saturated rings. The highest BCUT2D eigenvalue weighted by atomic mass is 32.2. The third-order valence-electron chi connectivity index (χ3n) is 5.25. The maximum Gasteiger partial charge on any atom is 0.264 e. The summed E-state index contributed by atoms with van der Waals surface area (Å²) in [4.78, 5) is 32.9. The summed E-state index contributed by atoms with van der Waals surface area (Å²) in [7, 11) is 1.53. The third kappa shape index (κ3) is 3.66. The Morgan fingerprint density at radius 1 is 1.17 bits per heavy atom. The maximum atomic E-state index is 13.0. The van der Waals surface area contributed by atoms with Crippen LogP contribution >= 0.6 is 11.8 Å². The minimum Gasteiger partial charge on any atom is -0.497 e. The first kappa shape index (κ1) is 20.0. The zero-order valence-electron chi connectivity index (χ0n) is 16.4. The fourth-order valence-corrected chi connectivity index (χ4v) is 4.82. The van der Waals surface area contributed by atoms with Gasteiger partial charge in [0.2, 0.25) is 6.54 Å². The predicted molar refractivity (Wildman–Crippen MR) is 117 cm³/mol. The first-order valence-corrected chi connectivity index (χ1v) is 10.2. The van der Waals surface area contributed by atoms with Gasteiger partial charge in [-0.2, -0.15) is 0 Å². The van der Waals surface area contributed by atoms with Crippen LogP contribution < -0.4 is 4.74 Å². The minimum atomic E-state index is -1.12. The van der Waals surface area contributed by atoms with Crippen molar-refractivity contribution in [1.29, 1.82) is 0 Å². The molecular weight excluding hydrogens is 402 g/mol. The van der Waals surface area contributed by atoms with Crippen molar-refractivity contribution in [2.45, 2.75) is 17.6 Å². The molecule has 0 saturated carbocycles. The molecule has 30 heavy (non-hydrogen) atoms. The van der Waals surface area contributed by atoms with E-state index in [1.54, 1.807) is 31.2 Å². The molecule has 4 rings (SSSR count).